The molecule has 3 rings (SSSR count). The van der Waals surface area contributed by atoms with Gasteiger partial charge in [-0.2, -0.15) is 0 Å². The van der Waals surface area contributed by atoms with E-state index in [2.05, 4.69) is 25.9 Å². The highest BCUT2D eigenvalue weighted by Crippen LogP contribution is 2.27. The number of nitrogens with zero attached hydrogens (tertiary/aromatic N) is 4. The summed E-state index contributed by atoms with van der Waals surface area (Å²) in [6.45, 7) is 0.286. The number of benzene rings is 1. The third-order valence-corrected chi connectivity index (χ3v) is 2.87. The Morgan fingerprint density at radius 2 is 2.20 bits per heavy atom. The van der Waals surface area contributed by atoms with Crippen molar-refractivity contribution >= 4 is 17.5 Å². The van der Waals surface area contributed by atoms with Crippen LogP contribution in [0.4, 0.5) is 10.3 Å². The number of halogens is 2. The van der Waals surface area contributed by atoms with Gasteiger partial charge >= 0.3 is 0 Å². The second-order valence-corrected chi connectivity index (χ2v) is 4.33. The second kappa shape index (κ2) is 5.30. The molecule has 0 aliphatic carbocycles. The molecule has 102 valence electrons. The average molecular weight is 293 g/mol. The fraction of sp³-hybridized carbons (Fsp3) is 0.0833. The molecular formula is C12H8ClFN5O-. The standard InChI is InChI=1S/C12H8ClFN5O/c13-9-5-7(1-3-10(9)14)11-4-2-8(20-11)6-15-12-16-18-19-17-12/h1-5H,6H2,(H-,15,16,17,18,19)/q-1. The van der Waals surface area contributed by atoms with Crippen molar-refractivity contribution in [1.82, 2.24) is 20.6 Å². The summed E-state index contributed by atoms with van der Waals surface area (Å²) in [6.07, 6.45) is 0. The van der Waals surface area contributed by atoms with Gasteiger partial charge in [0, 0.05) is 12.1 Å². The van der Waals surface area contributed by atoms with E-state index in [-0.39, 0.29) is 17.5 Å². The van der Waals surface area contributed by atoms with Gasteiger partial charge in [0.05, 0.1) is 11.0 Å². The van der Waals surface area contributed by atoms with Gasteiger partial charge in [-0.1, -0.05) is 11.6 Å². The Balaban J connectivity index is 1.74. The molecule has 2 heterocycles. The first-order valence-corrected chi connectivity index (χ1v) is 6.05. The van der Waals surface area contributed by atoms with E-state index in [9.17, 15) is 4.39 Å². The average Bonchev–Trinajstić information content (AvgIpc) is 3.10. The minimum Gasteiger partial charge on any atom is -0.461 e. The molecule has 1 N–H and O–H groups in total. The molecule has 20 heavy (non-hydrogen) atoms. The predicted octanol–water partition coefficient (Wildman–Crippen LogP) is 3.46. The number of tetrazole rings is 1. The molecule has 8 heteroatoms. The van der Waals surface area contributed by atoms with Crippen LogP contribution in [0.15, 0.2) is 34.7 Å². The minimum absolute atomic E-state index is 0.0527. The normalized spacial score (nSPS) is 10.7. The summed E-state index contributed by atoms with van der Waals surface area (Å²) in [6, 6.07) is 7.94. The molecule has 0 atom stereocenters. The number of furan rings is 1. The smallest absolute Gasteiger partial charge is 0.141 e. The van der Waals surface area contributed by atoms with E-state index in [0.717, 1.165) is 0 Å². The zero-order valence-corrected chi connectivity index (χ0v) is 10.8. The van der Waals surface area contributed by atoms with E-state index in [1.165, 1.54) is 12.1 Å². The van der Waals surface area contributed by atoms with Crippen molar-refractivity contribution in [2.24, 2.45) is 0 Å². The number of nitrogens with one attached hydrogen (secondary N) is 1. The van der Waals surface area contributed by atoms with E-state index < -0.39 is 5.82 Å². The molecule has 0 radical (unpaired) electrons. The summed E-state index contributed by atoms with van der Waals surface area (Å²) in [5.41, 5.74) is 0.696. The fourth-order valence-corrected chi connectivity index (χ4v) is 1.82. The number of hydrogen-bond donors (Lipinski definition) is 1. The number of rotatable bonds is 4. The molecule has 0 bridgehead atoms. The lowest BCUT2D eigenvalue weighted by Crippen LogP contribution is -1.81. The molecule has 2 aromatic heterocycles. The summed E-state index contributed by atoms with van der Waals surface area (Å²) in [5, 5.41) is 17.2. The van der Waals surface area contributed by atoms with Crippen LogP contribution in [0, 0.1) is 5.82 Å². The molecule has 0 saturated carbocycles. The topological polar surface area (TPSA) is 81.7 Å². The van der Waals surface area contributed by atoms with Crippen LogP contribution in [0.2, 0.25) is 5.02 Å². The van der Waals surface area contributed by atoms with E-state index in [1.807, 2.05) is 0 Å². The Bertz CT molecular complexity index is 712. The number of H-pyrrole nitrogens is 1. The van der Waals surface area contributed by atoms with E-state index in [0.29, 0.717) is 17.1 Å². The lowest BCUT2D eigenvalue weighted by molar-refractivity contribution is 0.534. The van der Waals surface area contributed by atoms with Crippen LogP contribution in [0.5, 0.6) is 0 Å². The molecule has 0 spiro atoms. The van der Waals surface area contributed by atoms with Gasteiger partial charge < -0.3 is 9.73 Å². The fourth-order valence-electron chi connectivity index (χ4n) is 1.64. The van der Waals surface area contributed by atoms with Crippen molar-refractivity contribution < 1.29 is 8.81 Å². The largest absolute Gasteiger partial charge is 0.461 e. The maximum atomic E-state index is 13.1. The molecule has 0 aliphatic heterocycles. The quantitative estimate of drug-likeness (QED) is 0.798. The Hall–Kier alpha value is -2.41. The highest BCUT2D eigenvalue weighted by atomic mass is 35.5. The molecule has 0 amide bonds. The van der Waals surface area contributed by atoms with E-state index in [4.69, 9.17) is 16.0 Å². The summed E-state index contributed by atoms with van der Waals surface area (Å²) < 4.78 is 18.7. The van der Waals surface area contributed by atoms with Crippen LogP contribution in [0.1, 0.15) is 5.76 Å². The van der Waals surface area contributed by atoms with Crippen LogP contribution in [-0.2, 0) is 6.54 Å². The molecular weight excluding hydrogens is 285 g/mol. The van der Waals surface area contributed by atoms with Gasteiger partial charge in [0.1, 0.15) is 17.3 Å². The van der Waals surface area contributed by atoms with Crippen molar-refractivity contribution in [3.63, 3.8) is 0 Å². The molecule has 1 aromatic carbocycles. The first-order valence-electron chi connectivity index (χ1n) is 5.67. The molecule has 0 fully saturated rings. The highest BCUT2D eigenvalue weighted by Gasteiger charge is 2.07. The second-order valence-electron chi connectivity index (χ2n) is 3.92. The summed E-state index contributed by atoms with van der Waals surface area (Å²) in [5.74, 6) is 1.01. The van der Waals surface area contributed by atoms with Gasteiger partial charge in [-0.15, -0.1) is 5.21 Å². The minimum atomic E-state index is -0.464. The SMILES string of the molecule is Fc1ccc(-c2ccc(C[N-]c3nn[nH]n3)o2)cc1Cl. The van der Waals surface area contributed by atoms with Crippen LogP contribution < -0.4 is 0 Å². The zero-order valence-electron chi connectivity index (χ0n) is 10.0. The summed E-state index contributed by atoms with van der Waals surface area (Å²) in [4.78, 5) is 0. The molecule has 0 unspecified atom stereocenters. The van der Waals surface area contributed by atoms with Crippen LogP contribution in [0.3, 0.4) is 0 Å². The van der Waals surface area contributed by atoms with Gasteiger partial charge in [0.15, 0.2) is 0 Å². The Kier molecular flexibility index (Phi) is 3.34. The van der Waals surface area contributed by atoms with Crippen molar-refractivity contribution in [3.8, 4) is 11.3 Å². The van der Waals surface area contributed by atoms with Crippen molar-refractivity contribution in [3.05, 3.63) is 52.2 Å². The van der Waals surface area contributed by atoms with Gasteiger partial charge in [0.25, 0.3) is 0 Å². The first-order chi connectivity index (χ1) is 9.72. The molecule has 3 aromatic rings. The van der Waals surface area contributed by atoms with E-state index in [1.54, 1.807) is 18.2 Å². The van der Waals surface area contributed by atoms with Crippen LogP contribution >= 0.6 is 11.6 Å². The van der Waals surface area contributed by atoms with Gasteiger partial charge in [0.2, 0.25) is 0 Å². The Morgan fingerprint density at radius 3 is 2.95 bits per heavy atom. The zero-order chi connectivity index (χ0) is 13.9. The van der Waals surface area contributed by atoms with Gasteiger partial charge in [-0.25, -0.2) is 4.39 Å². The Morgan fingerprint density at radius 1 is 1.30 bits per heavy atom. The maximum Gasteiger partial charge on any atom is 0.141 e. The van der Waals surface area contributed by atoms with Crippen LogP contribution in [-0.4, -0.2) is 20.6 Å². The third-order valence-electron chi connectivity index (χ3n) is 2.58. The summed E-state index contributed by atoms with van der Waals surface area (Å²) >= 11 is 5.74. The highest BCUT2D eigenvalue weighted by molar-refractivity contribution is 6.31. The predicted molar refractivity (Wildman–Crippen MR) is 70.0 cm³/mol. The number of aromatic amines is 1. The number of hydrogen-bond acceptors (Lipinski definition) is 4. The third kappa shape index (κ3) is 2.62. The molecule has 0 saturated heterocycles. The lowest BCUT2D eigenvalue weighted by atomic mass is 10.2. The van der Waals surface area contributed by atoms with E-state index >= 15 is 0 Å². The van der Waals surface area contributed by atoms with Crippen LogP contribution in [0.25, 0.3) is 16.6 Å². The summed E-state index contributed by atoms with van der Waals surface area (Å²) in [7, 11) is 0. The van der Waals surface area contributed by atoms with Gasteiger partial charge in [-0.3, -0.25) is 15.4 Å². The van der Waals surface area contributed by atoms with Crippen molar-refractivity contribution in [2.75, 3.05) is 0 Å². The monoisotopic (exact) mass is 292 g/mol. The van der Waals surface area contributed by atoms with Crippen molar-refractivity contribution in [2.45, 2.75) is 6.54 Å². The number of aromatic nitrogens is 4. The first kappa shape index (κ1) is 12.6. The molecule has 0 aliphatic rings. The van der Waals surface area contributed by atoms with Gasteiger partial charge in [-0.05, 0) is 30.3 Å². The Labute approximate surface area is 117 Å². The van der Waals surface area contributed by atoms with Crippen molar-refractivity contribution in [1.29, 1.82) is 0 Å². The molecule has 6 nitrogen and oxygen atoms in total. The maximum absolute atomic E-state index is 13.1. The lowest BCUT2D eigenvalue weighted by Gasteiger charge is -2.03.